The molecular formula is C14H26N4O2S. The number of aromatic amines is 1. The Morgan fingerprint density at radius 3 is 2.81 bits per heavy atom. The van der Waals surface area contributed by atoms with Gasteiger partial charge < -0.3 is 5.32 Å². The number of aromatic nitrogens is 2. The van der Waals surface area contributed by atoms with Gasteiger partial charge in [0.1, 0.15) is 4.90 Å². The molecule has 120 valence electrons. The molecule has 1 aromatic heterocycles. The van der Waals surface area contributed by atoms with Crippen molar-refractivity contribution in [3.05, 3.63) is 11.4 Å². The Morgan fingerprint density at radius 1 is 1.43 bits per heavy atom. The van der Waals surface area contributed by atoms with E-state index < -0.39 is 10.0 Å². The van der Waals surface area contributed by atoms with Crippen LogP contribution in [0.25, 0.3) is 0 Å². The topological polar surface area (TPSA) is 78.1 Å². The number of sulfonamides is 1. The van der Waals surface area contributed by atoms with Crippen LogP contribution in [0, 0.1) is 12.8 Å². The van der Waals surface area contributed by atoms with E-state index in [-0.39, 0.29) is 6.04 Å². The Balaban J connectivity index is 2.37. The second-order valence-electron chi connectivity index (χ2n) is 5.88. The van der Waals surface area contributed by atoms with Gasteiger partial charge in [0.15, 0.2) is 0 Å². The largest absolute Gasteiger partial charge is 0.311 e. The van der Waals surface area contributed by atoms with E-state index >= 15 is 0 Å². The number of nitrogens with zero attached hydrogens (tertiary/aromatic N) is 2. The monoisotopic (exact) mass is 314 g/mol. The summed E-state index contributed by atoms with van der Waals surface area (Å²) in [5.41, 5.74) is 1.20. The third-order valence-electron chi connectivity index (χ3n) is 4.39. The van der Waals surface area contributed by atoms with Gasteiger partial charge in [0, 0.05) is 19.1 Å². The average molecular weight is 314 g/mol. The Hall–Kier alpha value is -0.920. The first-order valence-corrected chi connectivity index (χ1v) is 9.10. The summed E-state index contributed by atoms with van der Waals surface area (Å²) in [6.45, 7) is 9.72. The highest BCUT2D eigenvalue weighted by atomic mass is 32.2. The molecule has 2 rings (SSSR count). The van der Waals surface area contributed by atoms with E-state index in [9.17, 15) is 8.42 Å². The van der Waals surface area contributed by atoms with Crippen LogP contribution in [-0.2, 0) is 16.6 Å². The van der Waals surface area contributed by atoms with Gasteiger partial charge in [-0.1, -0.05) is 13.8 Å². The van der Waals surface area contributed by atoms with E-state index in [4.69, 9.17) is 0 Å². The average Bonchev–Trinajstić information content (AvgIpc) is 2.81. The summed E-state index contributed by atoms with van der Waals surface area (Å²) in [6, 6.07) is 0.0324. The lowest BCUT2D eigenvalue weighted by Gasteiger charge is -2.36. The molecule has 0 bridgehead atoms. The van der Waals surface area contributed by atoms with Crippen LogP contribution in [0.5, 0.6) is 0 Å². The van der Waals surface area contributed by atoms with Gasteiger partial charge in [-0.3, -0.25) is 5.10 Å². The number of hydrogen-bond donors (Lipinski definition) is 2. The van der Waals surface area contributed by atoms with E-state index in [0.717, 1.165) is 19.4 Å². The maximum atomic E-state index is 13.0. The molecule has 7 heteroatoms. The molecule has 21 heavy (non-hydrogen) atoms. The Bertz CT molecular complexity index is 582. The summed E-state index contributed by atoms with van der Waals surface area (Å²) in [5.74, 6) is 0.387. The Kier molecular flexibility index (Phi) is 5.06. The number of H-pyrrole nitrogens is 1. The van der Waals surface area contributed by atoms with Crippen molar-refractivity contribution >= 4 is 10.0 Å². The fraction of sp³-hybridized carbons (Fsp3) is 0.786. The smallest absolute Gasteiger partial charge is 0.247 e. The van der Waals surface area contributed by atoms with Crippen LogP contribution in [0.2, 0.25) is 0 Å². The van der Waals surface area contributed by atoms with E-state index in [2.05, 4.69) is 22.4 Å². The van der Waals surface area contributed by atoms with E-state index in [1.54, 1.807) is 11.2 Å². The van der Waals surface area contributed by atoms with Crippen molar-refractivity contribution in [3.63, 3.8) is 0 Å². The highest BCUT2D eigenvalue weighted by molar-refractivity contribution is 7.89. The van der Waals surface area contributed by atoms with E-state index in [0.29, 0.717) is 35.3 Å². The predicted molar refractivity (Wildman–Crippen MR) is 82.5 cm³/mol. The van der Waals surface area contributed by atoms with E-state index in [1.165, 1.54) is 0 Å². The second-order valence-corrected chi connectivity index (χ2v) is 7.71. The normalized spacial score (nSPS) is 24.4. The van der Waals surface area contributed by atoms with Gasteiger partial charge in [0.2, 0.25) is 10.0 Å². The summed E-state index contributed by atoms with van der Waals surface area (Å²) in [6.07, 6.45) is 2.01. The maximum Gasteiger partial charge on any atom is 0.247 e. The summed E-state index contributed by atoms with van der Waals surface area (Å²) in [5, 5.41) is 10.1. The zero-order valence-electron chi connectivity index (χ0n) is 13.3. The SMILES string of the molecule is CCNCc1n[nH]c(C)c1S(=O)(=O)N1CCCC(C)C1C. The number of hydrogen-bond acceptors (Lipinski definition) is 4. The van der Waals surface area contributed by atoms with Gasteiger partial charge >= 0.3 is 0 Å². The van der Waals surface area contributed by atoms with Crippen molar-refractivity contribution in [1.82, 2.24) is 19.8 Å². The van der Waals surface area contributed by atoms with Gasteiger partial charge in [0.25, 0.3) is 0 Å². The third kappa shape index (κ3) is 3.14. The molecule has 2 unspecified atom stereocenters. The maximum absolute atomic E-state index is 13.0. The van der Waals surface area contributed by atoms with E-state index in [1.807, 2.05) is 13.8 Å². The minimum absolute atomic E-state index is 0.0324. The molecule has 0 saturated carbocycles. The van der Waals surface area contributed by atoms with Gasteiger partial charge in [-0.15, -0.1) is 0 Å². The molecule has 0 aromatic carbocycles. The molecule has 0 spiro atoms. The first-order valence-electron chi connectivity index (χ1n) is 7.66. The Labute approximate surface area is 127 Å². The standard InChI is InChI=1S/C14H26N4O2S/c1-5-15-9-13-14(11(3)16-17-13)21(19,20)18-8-6-7-10(2)12(18)4/h10,12,15H,5-9H2,1-4H3,(H,16,17). The van der Waals surface area contributed by atoms with Gasteiger partial charge in [0.05, 0.1) is 11.4 Å². The fourth-order valence-electron chi connectivity index (χ4n) is 2.93. The number of aryl methyl sites for hydroxylation is 1. The third-order valence-corrected chi connectivity index (χ3v) is 6.58. The van der Waals surface area contributed by atoms with Crippen LogP contribution in [0.1, 0.15) is 45.0 Å². The lowest BCUT2D eigenvalue weighted by Crippen LogP contribution is -2.46. The summed E-state index contributed by atoms with van der Waals surface area (Å²) in [7, 11) is -3.49. The number of nitrogens with one attached hydrogen (secondary N) is 2. The predicted octanol–water partition coefficient (Wildman–Crippen LogP) is 1.64. The molecule has 2 heterocycles. The highest BCUT2D eigenvalue weighted by Crippen LogP contribution is 2.30. The van der Waals surface area contributed by atoms with Crippen molar-refractivity contribution in [2.45, 2.75) is 58.0 Å². The van der Waals surface area contributed by atoms with Crippen LogP contribution < -0.4 is 5.32 Å². The second kappa shape index (κ2) is 6.46. The highest BCUT2D eigenvalue weighted by Gasteiger charge is 2.37. The zero-order chi connectivity index (χ0) is 15.6. The van der Waals surface area contributed by atoms with Crippen LogP contribution in [-0.4, -0.2) is 42.1 Å². The first-order chi connectivity index (χ1) is 9.89. The molecule has 2 N–H and O–H groups in total. The molecule has 0 aliphatic carbocycles. The van der Waals surface area contributed by atoms with Crippen molar-refractivity contribution in [2.75, 3.05) is 13.1 Å². The number of piperidine rings is 1. The minimum atomic E-state index is -3.49. The van der Waals surface area contributed by atoms with Crippen LogP contribution in [0.15, 0.2) is 4.90 Å². The number of rotatable bonds is 5. The van der Waals surface area contributed by atoms with Crippen molar-refractivity contribution in [1.29, 1.82) is 0 Å². The molecule has 1 aromatic rings. The molecule has 1 fully saturated rings. The molecule has 0 radical (unpaired) electrons. The first kappa shape index (κ1) is 16.5. The van der Waals surface area contributed by atoms with Crippen molar-refractivity contribution < 1.29 is 8.42 Å². The zero-order valence-corrected chi connectivity index (χ0v) is 14.1. The Morgan fingerprint density at radius 2 is 2.14 bits per heavy atom. The summed E-state index contributed by atoms with van der Waals surface area (Å²) >= 11 is 0. The van der Waals surface area contributed by atoms with Crippen molar-refractivity contribution in [3.8, 4) is 0 Å². The van der Waals surface area contributed by atoms with Crippen LogP contribution in [0.3, 0.4) is 0 Å². The fourth-order valence-corrected chi connectivity index (χ4v) is 5.03. The summed E-state index contributed by atoms with van der Waals surface area (Å²) < 4.78 is 27.7. The minimum Gasteiger partial charge on any atom is -0.311 e. The van der Waals surface area contributed by atoms with Crippen LogP contribution >= 0.6 is 0 Å². The quantitative estimate of drug-likeness (QED) is 0.866. The molecule has 1 aliphatic heterocycles. The van der Waals surface area contributed by atoms with Gasteiger partial charge in [-0.05, 0) is 39.2 Å². The molecule has 2 atom stereocenters. The summed E-state index contributed by atoms with van der Waals surface area (Å²) in [4.78, 5) is 0.351. The lowest BCUT2D eigenvalue weighted by atomic mass is 9.94. The van der Waals surface area contributed by atoms with Crippen LogP contribution in [0.4, 0.5) is 0 Å². The molecular weight excluding hydrogens is 288 g/mol. The molecule has 1 aliphatic rings. The van der Waals surface area contributed by atoms with Gasteiger partial charge in [-0.25, -0.2) is 8.42 Å². The van der Waals surface area contributed by atoms with Gasteiger partial charge in [-0.2, -0.15) is 9.40 Å². The van der Waals surface area contributed by atoms with Crippen molar-refractivity contribution in [2.24, 2.45) is 5.92 Å². The lowest BCUT2D eigenvalue weighted by molar-refractivity contribution is 0.202. The molecule has 1 saturated heterocycles. The molecule has 0 amide bonds. The molecule has 6 nitrogen and oxygen atoms in total.